The summed E-state index contributed by atoms with van der Waals surface area (Å²) in [5, 5.41) is -0.396. The van der Waals surface area contributed by atoms with Crippen molar-refractivity contribution in [2.24, 2.45) is 0 Å². The Hall–Kier alpha value is -0.960. The standard InChI is InChI=1S/C14H23O8PS/c1-8(2)20-12-7-13(24(18,19)22-21-9(3)4)11(6)14(10(12)5)23(15,16)17/h7-9H,1-6H3,(H2,15,16,17). The van der Waals surface area contributed by atoms with Crippen molar-refractivity contribution in [1.29, 1.82) is 0 Å². The van der Waals surface area contributed by atoms with Crippen LogP contribution in [0.3, 0.4) is 0 Å². The second-order valence-corrected chi connectivity index (χ2v) is 8.87. The molecule has 0 saturated carbocycles. The molecule has 8 nitrogen and oxygen atoms in total. The van der Waals surface area contributed by atoms with Crippen LogP contribution in [0, 0.1) is 13.8 Å². The summed E-state index contributed by atoms with van der Waals surface area (Å²) in [6, 6.07) is 1.18. The van der Waals surface area contributed by atoms with Gasteiger partial charge in [0.15, 0.2) is 0 Å². The van der Waals surface area contributed by atoms with Gasteiger partial charge in [-0.25, -0.2) is 4.89 Å². The van der Waals surface area contributed by atoms with E-state index in [0.29, 0.717) is 0 Å². The fourth-order valence-corrected chi connectivity index (χ4v) is 4.33. The third-order valence-corrected chi connectivity index (χ3v) is 5.43. The molecule has 138 valence electrons. The first-order chi connectivity index (χ1) is 10.8. The molecule has 0 heterocycles. The molecule has 0 fully saturated rings. The van der Waals surface area contributed by atoms with E-state index in [4.69, 9.17) is 4.74 Å². The molecule has 0 saturated heterocycles. The molecule has 0 aliphatic carbocycles. The molecule has 1 rings (SSSR count). The molecule has 0 radical (unpaired) electrons. The van der Waals surface area contributed by atoms with Crippen molar-refractivity contribution in [3.05, 3.63) is 17.2 Å². The Morgan fingerprint density at radius 1 is 1.04 bits per heavy atom. The zero-order valence-electron chi connectivity index (χ0n) is 14.4. The molecule has 0 aliphatic heterocycles. The first kappa shape index (κ1) is 21.1. The summed E-state index contributed by atoms with van der Waals surface area (Å²) in [4.78, 5) is 23.5. The van der Waals surface area contributed by atoms with Crippen LogP contribution < -0.4 is 10.0 Å². The van der Waals surface area contributed by atoms with Crippen molar-refractivity contribution in [3.63, 3.8) is 0 Å². The normalized spacial score (nSPS) is 12.9. The second-order valence-electron chi connectivity index (χ2n) is 5.85. The molecule has 0 bridgehead atoms. The Kier molecular flexibility index (Phi) is 6.60. The van der Waals surface area contributed by atoms with Gasteiger partial charge in [-0.1, -0.05) is 0 Å². The van der Waals surface area contributed by atoms with Crippen LogP contribution in [0.4, 0.5) is 0 Å². The van der Waals surface area contributed by atoms with Crippen LogP contribution in [-0.4, -0.2) is 30.4 Å². The molecule has 0 unspecified atom stereocenters. The quantitative estimate of drug-likeness (QED) is 0.417. The van der Waals surface area contributed by atoms with Gasteiger partial charge in [0.25, 0.3) is 0 Å². The third-order valence-electron chi connectivity index (χ3n) is 2.96. The lowest BCUT2D eigenvalue weighted by molar-refractivity contribution is -0.230. The van der Waals surface area contributed by atoms with Crippen molar-refractivity contribution < 1.29 is 36.7 Å². The molecule has 10 heteroatoms. The number of benzene rings is 1. The van der Waals surface area contributed by atoms with Gasteiger partial charge in [0.2, 0.25) is 0 Å². The smallest absolute Gasteiger partial charge is 0.356 e. The van der Waals surface area contributed by atoms with Gasteiger partial charge in [0.1, 0.15) is 10.6 Å². The fraction of sp³-hybridized carbons (Fsp3) is 0.571. The summed E-state index contributed by atoms with van der Waals surface area (Å²) < 4.78 is 46.5. The molecule has 0 aliphatic rings. The molecule has 2 N–H and O–H groups in total. The van der Waals surface area contributed by atoms with Gasteiger partial charge in [0.05, 0.1) is 17.5 Å². The van der Waals surface area contributed by atoms with E-state index in [2.05, 4.69) is 9.22 Å². The Morgan fingerprint density at radius 2 is 1.58 bits per heavy atom. The fourth-order valence-electron chi connectivity index (χ4n) is 2.09. The van der Waals surface area contributed by atoms with E-state index in [1.54, 1.807) is 27.7 Å². The highest BCUT2D eigenvalue weighted by molar-refractivity contribution is 7.86. The maximum Gasteiger partial charge on any atom is 0.356 e. The molecule has 0 aromatic heterocycles. The number of ether oxygens (including phenoxy) is 1. The molecular formula is C14H23O8PS. The number of hydrogen-bond donors (Lipinski definition) is 2. The highest BCUT2D eigenvalue weighted by atomic mass is 32.2. The van der Waals surface area contributed by atoms with Crippen LogP contribution in [0.1, 0.15) is 38.8 Å². The largest absolute Gasteiger partial charge is 0.491 e. The lowest BCUT2D eigenvalue weighted by Gasteiger charge is -2.20. The zero-order valence-corrected chi connectivity index (χ0v) is 16.1. The maximum absolute atomic E-state index is 12.3. The van der Waals surface area contributed by atoms with E-state index in [9.17, 15) is 22.8 Å². The Morgan fingerprint density at radius 3 is 2.00 bits per heavy atom. The van der Waals surface area contributed by atoms with Gasteiger partial charge in [0, 0.05) is 11.6 Å². The van der Waals surface area contributed by atoms with E-state index in [-0.39, 0.29) is 23.0 Å². The van der Waals surface area contributed by atoms with E-state index in [0.717, 1.165) is 0 Å². The van der Waals surface area contributed by atoms with Crippen LogP contribution in [0.5, 0.6) is 5.75 Å². The van der Waals surface area contributed by atoms with Crippen LogP contribution in [-0.2, 0) is 23.9 Å². The Balaban J connectivity index is 3.64. The Bertz CT molecular complexity index is 749. The van der Waals surface area contributed by atoms with Crippen molar-refractivity contribution in [2.45, 2.75) is 58.6 Å². The van der Waals surface area contributed by atoms with E-state index in [1.165, 1.54) is 19.9 Å². The predicted octanol–water partition coefficient (Wildman–Crippen LogP) is 1.94. The molecule has 0 spiro atoms. The van der Waals surface area contributed by atoms with Crippen LogP contribution >= 0.6 is 7.60 Å². The van der Waals surface area contributed by atoms with E-state index in [1.807, 2.05) is 0 Å². The first-order valence-electron chi connectivity index (χ1n) is 7.24. The SMILES string of the molecule is Cc1c(OC(C)C)cc(S(=O)(=O)OOC(C)C)c(C)c1P(=O)(O)O. The molecule has 0 amide bonds. The predicted molar refractivity (Wildman–Crippen MR) is 87.8 cm³/mol. The van der Waals surface area contributed by atoms with Gasteiger partial charge in [-0.2, -0.15) is 8.42 Å². The summed E-state index contributed by atoms with van der Waals surface area (Å²) in [7, 11) is -9.13. The van der Waals surface area contributed by atoms with Gasteiger partial charge < -0.3 is 14.5 Å². The monoisotopic (exact) mass is 382 g/mol. The number of hydrogen-bond acceptors (Lipinski definition) is 6. The highest BCUT2D eigenvalue weighted by Crippen LogP contribution is 2.41. The van der Waals surface area contributed by atoms with E-state index < -0.39 is 34.0 Å². The summed E-state index contributed by atoms with van der Waals surface area (Å²) >= 11 is 0. The van der Waals surface area contributed by atoms with Crippen molar-refractivity contribution in [2.75, 3.05) is 0 Å². The lowest BCUT2D eigenvalue weighted by atomic mass is 10.1. The van der Waals surface area contributed by atoms with Gasteiger partial charge in [-0.15, -0.1) is 4.33 Å². The molecule has 1 aromatic rings. The van der Waals surface area contributed by atoms with Gasteiger partial charge >= 0.3 is 17.7 Å². The van der Waals surface area contributed by atoms with Crippen LogP contribution in [0.2, 0.25) is 0 Å². The van der Waals surface area contributed by atoms with E-state index >= 15 is 0 Å². The summed E-state index contributed by atoms with van der Waals surface area (Å²) in [6.45, 7) is 9.33. The molecular weight excluding hydrogens is 359 g/mol. The zero-order chi connectivity index (χ0) is 18.9. The highest BCUT2D eigenvalue weighted by Gasteiger charge is 2.32. The van der Waals surface area contributed by atoms with Crippen LogP contribution in [0.15, 0.2) is 11.0 Å². The average Bonchev–Trinajstić information content (AvgIpc) is 2.37. The second kappa shape index (κ2) is 7.51. The average molecular weight is 382 g/mol. The summed E-state index contributed by atoms with van der Waals surface area (Å²) in [5.41, 5.74) is 0.0718. The Labute approximate surface area is 142 Å². The van der Waals surface area contributed by atoms with Crippen LogP contribution in [0.25, 0.3) is 0 Å². The number of rotatable bonds is 7. The molecule has 0 atom stereocenters. The first-order valence-corrected chi connectivity index (χ1v) is 10.3. The summed E-state index contributed by atoms with van der Waals surface area (Å²) in [5.74, 6) is 0.0562. The minimum atomic E-state index is -4.74. The molecule has 1 aromatic carbocycles. The minimum absolute atomic E-state index is 0.0562. The maximum atomic E-state index is 12.3. The minimum Gasteiger partial charge on any atom is -0.491 e. The van der Waals surface area contributed by atoms with Gasteiger partial charge in [-0.3, -0.25) is 4.57 Å². The van der Waals surface area contributed by atoms with Crippen molar-refractivity contribution in [1.82, 2.24) is 0 Å². The van der Waals surface area contributed by atoms with Crippen molar-refractivity contribution in [3.8, 4) is 5.75 Å². The molecule has 24 heavy (non-hydrogen) atoms. The van der Waals surface area contributed by atoms with Crippen molar-refractivity contribution >= 4 is 23.0 Å². The lowest BCUT2D eigenvalue weighted by Crippen LogP contribution is -2.21. The third kappa shape index (κ3) is 5.02. The summed E-state index contributed by atoms with van der Waals surface area (Å²) in [6.07, 6.45) is -0.836. The van der Waals surface area contributed by atoms with Gasteiger partial charge in [-0.05, 0) is 47.1 Å². The topological polar surface area (TPSA) is 119 Å².